The van der Waals surface area contributed by atoms with Gasteiger partial charge in [-0.2, -0.15) is 5.26 Å². The number of benzene rings is 3. The Morgan fingerprint density at radius 3 is 2.44 bits per heavy atom. The van der Waals surface area contributed by atoms with Crippen molar-refractivity contribution in [2.24, 2.45) is 0 Å². The first kappa shape index (κ1) is 25.2. The Hall–Kier alpha value is -3.94. The fraction of sp³-hybridized carbons (Fsp3) is 0.115. The molecule has 3 aromatic carbocycles. The Morgan fingerprint density at radius 1 is 1.08 bits per heavy atom. The molecule has 0 radical (unpaired) electrons. The summed E-state index contributed by atoms with van der Waals surface area (Å²) in [5.41, 5.74) is 1.75. The fourth-order valence-corrected chi connectivity index (χ4v) is 5.26. The van der Waals surface area contributed by atoms with Crippen molar-refractivity contribution in [3.8, 4) is 6.07 Å². The Labute approximate surface area is 219 Å². The molecule has 1 fully saturated rings. The minimum absolute atomic E-state index is 0.0681. The predicted molar refractivity (Wildman–Crippen MR) is 141 cm³/mol. The van der Waals surface area contributed by atoms with Gasteiger partial charge < -0.3 is 5.32 Å². The summed E-state index contributed by atoms with van der Waals surface area (Å²) in [5, 5.41) is 23.4. The van der Waals surface area contributed by atoms with Gasteiger partial charge in [0.25, 0.3) is 11.6 Å². The number of hydrogen-bond donors (Lipinski definition) is 1. The largest absolute Gasteiger partial charge is 0.347 e. The Morgan fingerprint density at radius 2 is 1.78 bits per heavy atom. The van der Waals surface area contributed by atoms with Gasteiger partial charge in [0.1, 0.15) is 16.7 Å². The third-order valence-corrected chi connectivity index (χ3v) is 7.22. The van der Waals surface area contributed by atoms with Crippen LogP contribution in [0.1, 0.15) is 11.1 Å². The number of nitro benzene ring substituents is 1. The van der Waals surface area contributed by atoms with E-state index in [0.29, 0.717) is 11.3 Å². The van der Waals surface area contributed by atoms with Gasteiger partial charge in [-0.25, -0.2) is 0 Å². The van der Waals surface area contributed by atoms with Crippen molar-refractivity contribution in [2.75, 3.05) is 4.90 Å². The standard InChI is InChI=1S/C26H19BrN4O4S/c27-19-9-11-20(12-10-19)30-25(33)23(14-18-7-4-8-21(13-18)31(34)35)36-26(30)22(15-28)24(32)29-16-17-5-2-1-3-6-17/h1-13,23H,14,16H2,(H,29,32)/b26-22-/t23-/m1/s1. The van der Waals surface area contributed by atoms with Crippen LogP contribution in [0.2, 0.25) is 0 Å². The molecule has 1 aliphatic rings. The van der Waals surface area contributed by atoms with Crippen LogP contribution in [0, 0.1) is 21.4 Å². The first-order valence-corrected chi connectivity index (χ1v) is 12.5. The number of nitrogens with zero attached hydrogens (tertiary/aromatic N) is 3. The highest BCUT2D eigenvalue weighted by atomic mass is 79.9. The Balaban J connectivity index is 1.67. The molecule has 180 valence electrons. The van der Waals surface area contributed by atoms with Gasteiger partial charge >= 0.3 is 0 Å². The molecule has 1 heterocycles. The van der Waals surface area contributed by atoms with Gasteiger partial charge in [-0.1, -0.05) is 70.2 Å². The number of nitrogens with one attached hydrogen (secondary N) is 1. The molecule has 0 aromatic heterocycles. The Kier molecular flexibility index (Phi) is 7.83. The average Bonchev–Trinajstić information content (AvgIpc) is 3.19. The van der Waals surface area contributed by atoms with Crippen LogP contribution in [-0.2, 0) is 22.6 Å². The van der Waals surface area contributed by atoms with Crippen LogP contribution in [0.4, 0.5) is 11.4 Å². The lowest BCUT2D eigenvalue weighted by Gasteiger charge is -2.19. The van der Waals surface area contributed by atoms with Crippen molar-refractivity contribution in [1.29, 1.82) is 5.26 Å². The molecule has 0 spiro atoms. The number of amides is 2. The zero-order valence-electron chi connectivity index (χ0n) is 18.8. The fourth-order valence-electron chi connectivity index (χ4n) is 3.69. The quantitative estimate of drug-likeness (QED) is 0.185. The van der Waals surface area contributed by atoms with Crippen LogP contribution in [-0.4, -0.2) is 22.0 Å². The average molecular weight is 563 g/mol. The molecule has 1 saturated heterocycles. The topological polar surface area (TPSA) is 116 Å². The van der Waals surface area contributed by atoms with E-state index in [-0.39, 0.29) is 35.2 Å². The van der Waals surface area contributed by atoms with E-state index in [1.165, 1.54) is 17.0 Å². The van der Waals surface area contributed by atoms with Gasteiger partial charge in [0.05, 0.1) is 10.2 Å². The van der Waals surface area contributed by atoms with Gasteiger partial charge in [-0.15, -0.1) is 0 Å². The van der Waals surface area contributed by atoms with E-state index >= 15 is 0 Å². The second-order valence-electron chi connectivity index (χ2n) is 7.85. The SMILES string of the molecule is N#C/C(C(=O)NCc1ccccc1)=C1/S[C@H](Cc2cccc([N+](=O)[O-])c2)C(=O)N1c1ccc(Br)cc1. The summed E-state index contributed by atoms with van der Waals surface area (Å²) >= 11 is 4.48. The van der Waals surface area contributed by atoms with E-state index in [4.69, 9.17) is 0 Å². The summed E-state index contributed by atoms with van der Waals surface area (Å²) in [6.45, 7) is 0.228. The minimum Gasteiger partial charge on any atom is -0.347 e. The van der Waals surface area contributed by atoms with Gasteiger partial charge in [-0.3, -0.25) is 24.6 Å². The normalized spacial score (nSPS) is 16.4. The number of anilines is 1. The van der Waals surface area contributed by atoms with Crippen molar-refractivity contribution in [1.82, 2.24) is 5.32 Å². The molecule has 1 atom stereocenters. The highest BCUT2D eigenvalue weighted by molar-refractivity contribution is 9.10. The second-order valence-corrected chi connectivity index (χ2v) is 9.96. The maximum absolute atomic E-state index is 13.5. The summed E-state index contributed by atoms with van der Waals surface area (Å²) < 4.78 is 0.810. The van der Waals surface area contributed by atoms with Crippen LogP contribution in [0.15, 0.2) is 93.9 Å². The van der Waals surface area contributed by atoms with Crippen molar-refractivity contribution in [2.45, 2.75) is 18.2 Å². The monoisotopic (exact) mass is 562 g/mol. The van der Waals surface area contributed by atoms with Gasteiger partial charge in [-0.05, 0) is 41.8 Å². The third kappa shape index (κ3) is 5.64. The summed E-state index contributed by atoms with van der Waals surface area (Å²) in [6.07, 6.45) is 0.200. The van der Waals surface area contributed by atoms with Gasteiger partial charge in [0.15, 0.2) is 0 Å². The van der Waals surface area contributed by atoms with E-state index in [1.807, 2.05) is 36.4 Å². The van der Waals surface area contributed by atoms with Gasteiger partial charge in [0, 0.05) is 28.8 Å². The molecule has 8 nitrogen and oxygen atoms in total. The molecule has 36 heavy (non-hydrogen) atoms. The molecule has 3 aromatic rings. The number of non-ortho nitro benzene ring substituents is 1. The predicted octanol–water partition coefficient (Wildman–Crippen LogP) is 5.10. The van der Waals surface area contributed by atoms with E-state index < -0.39 is 16.1 Å². The summed E-state index contributed by atoms with van der Waals surface area (Å²) in [6, 6.07) is 24.3. The molecule has 1 aliphatic heterocycles. The van der Waals surface area contributed by atoms with Crippen molar-refractivity contribution >= 4 is 50.9 Å². The first-order valence-electron chi connectivity index (χ1n) is 10.8. The lowest BCUT2D eigenvalue weighted by atomic mass is 10.1. The van der Waals surface area contributed by atoms with Crippen LogP contribution < -0.4 is 10.2 Å². The number of rotatable bonds is 7. The summed E-state index contributed by atoms with van der Waals surface area (Å²) in [7, 11) is 0. The highest BCUT2D eigenvalue weighted by Gasteiger charge is 2.40. The maximum Gasteiger partial charge on any atom is 0.269 e. The lowest BCUT2D eigenvalue weighted by molar-refractivity contribution is -0.384. The summed E-state index contributed by atoms with van der Waals surface area (Å²) in [4.78, 5) is 38.6. The lowest BCUT2D eigenvalue weighted by Crippen LogP contribution is -2.32. The molecule has 2 amide bonds. The summed E-state index contributed by atoms with van der Waals surface area (Å²) in [5.74, 6) is -0.901. The number of hydrogen-bond acceptors (Lipinski definition) is 6. The number of halogens is 1. The van der Waals surface area contributed by atoms with Crippen molar-refractivity contribution in [3.63, 3.8) is 0 Å². The molecule has 0 aliphatic carbocycles. The Bertz CT molecular complexity index is 1390. The van der Waals surface area contributed by atoms with E-state index in [0.717, 1.165) is 21.8 Å². The number of nitro groups is 1. The molecular weight excluding hydrogens is 544 g/mol. The van der Waals surface area contributed by atoms with Crippen molar-refractivity contribution in [3.05, 3.63) is 115 Å². The smallest absolute Gasteiger partial charge is 0.269 e. The third-order valence-electron chi connectivity index (χ3n) is 5.43. The van der Waals surface area contributed by atoms with Gasteiger partial charge in [0.2, 0.25) is 5.91 Å². The number of carbonyl (C=O) groups excluding carboxylic acids is 2. The van der Waals surface area contributed by atoms with Crippen molar-refractivity contribution < 1.29 is 14.5 Å². The molecule has 10 heteroatoms. The van der Waals surface area contributed by atoms with E-state index in [9.17, 15) is 25.0 Å². The van der Waals surface area contributed by atoms with Crippen LogP contribution in [0.5, 0.6) is 0 Å². The highest BCUT2D eigenvalue weighted by Crippen LogP contribution is 2.42. The molecule has 0 bridgehead atoms. The van der Waals surface area contributed by atoms with E-state index in [2.05, 4.69) is 21.2 Å². The first-order chi connectivity index (χ1) is 17.4. The number of carbonyl (C=O) groups is 2. The van der Waals surface area contributed by atoms with Crippen LogP contribution >= 0.6 is 27.7 Å². The molecule has 1 N–H and O–H groups in total. The molecular formula is C26H19BrN4O4S. The molecule has 0 saturated carbocycles. The minimum atomic E-state index is -0.670. The molecule has 0 unspecified atom stereocenters. The number of nitriles is 1. The second kappa shape index (κ2) is 11.2. The van der Waals surface area contributed by atoms with Crippen LogP contribution in [0.25, 0.3) is 0 Å². The number of thioether (sulfide) groups is 1. The zero-order chi connectivity index (χ0) is 25.7. The van der Waals surface area contributed by atoms with E-state index in [1.54, 1.807) is 36.4 Å². The van der Waals surface area contributed by atoms with Crippen LogP contribution in [0.3, 0.4) is 0 Å². The maximum atomic E-state index is 13.5. The molecule has 4 rings (SSSR count). The zero-order valence-corrected chi connectivity index (χ0v) is 21.2.